The zero-order valence-corrected chi connectivity index (χ0v) is 13.2. The molecule has 1 fully saturated rings. The Morgan fingerprint density at radius 2 is 1.75 bits per heavy atom. The molecule has 0 unspecified atom stereocenters. The quantitative estimate of drug-likeness (QED) is 0.809. The van der Waals surface area contributed by atoms with E-state index in [2.05, 4.69) is 0 Å². The Morgan fingerprint density at radius 3 is 2.25 bits per heavy atom. The first-order valence-electron chi connectivity index (χ1n) is 6.08. The van der Waals surface area contributed by atoms with Crippen LogP contribution in [-0.4, -0.2) is 24.2 Å². The third-order valence-electron chi connectivity index (χ3n) is 3.21. The van der Waals surface area contributed by atoms with E-state index in [1.165, 1.54) is 6.07 Å². The molecular weight excluding hydrogens is 282 g/mol. The molecule has 0 bridgehead atoms. The topological polar surface area (TPSA) is 40.5 Å². The maximum atomic E-state index is 12.8. The molecule has 1 saturated heterocycles. The number of hydrogen-bond donors (Lipinski definition) is 1. The summed E-state index contributed by atoms with van der Waals surface area (Å²) in [6, 6.07) is 3.01. The zero-order valence-electron chi connectivity index (χ0n) is 12.2. The van der Waals surface area contributed by atoms with Crippen molar-refractivity contribution in [3.8, 4) is 0 Å². The van der Waals surface area contributed by atoms with Crippen LogP contribution in [0.1, 0.15) is 36.6 Å². The van der Waals surface area contributed by atoms with Gasteiger partial charge in [-0.25, -0.2) is 4.79 Å². The van der Waals surface area contributed by atoms with Gasteiger partial charge in [0.05, 0.1) is 11.1 Å². The Bertz CT molecular complexity index is 491. The van der Waals surface area contributed by atoms with Crippen LogP contribution in [0, 0.1) is 0 Å². The van der Waals surface area contributed by atoms with E-state index in [1.54, 1.807) is 0 Å². The molecule has 0 aromatic heterocycles. The molecule has 1 N–H and O–H groups in total. The average Bonchev–Trinajstić information content (AvgIpc) is 2.38. The molecule has 0 spiro atoms. The number of carboxylic acids is 1. The summed E-state index contributed by atoms with van der Waals surface area (Å²) in [7, 11) is 0. The van der Waals surface area contributed by atoms with Crippen molar-refractivity contribution in [2.75, 3.05) is 18.0 Å². The minimum atomic E-state index is -4.53. The molecule has 1 aromatic rings. The second kappa shape index (κ2) is 6.83. The van der Waals surface area contributed by atoms with Gasteiger partial charge in [0, 0.05) is 18.8 Å². The Balaban J connectivity index is 0.00000200. The molecule has 106 valence electrons. The molecule has 0 saturated carbocycles. The van der Waals surface area contributed by atoms with Crippen LogP contribution >= 0.6 is 0 Å². The minimum absolute atomic E-state index is 0. The third-order valence-corrected chi connectivity index (χ3v) is 3.21. The molecule has 20 heavy (non-hydrogen) atoms. The van der Waals surface area contributed by atoms with Crippen LogP contribution in [0.5, 0.6) is 0 Å². The van der Waals surface area contributed by atoms with Gasteiger partial charge in [0.2, 0.25) is 0 Å². The Morgan fingerprint density at radius 1 is 1.15 bits per heavy atom. The Hall–Kier alpha value is -0.720. The Labute approximate surface area is 138 Å². The molecule has 0 radical (unpaired) electrons. The van der Waals surface area contributed by atoms with Crippen molar-refractivity contribution >= 4 is 11.7 Å². The number of piperidine rings is 1. The predicted octanol–water partition coefficient (Wildman–Crippen LogP) is 0.510. The number of hydrogen-bond acceptors (Lipinski definition) is 2. The second-order valence-corrected chi connectivity index (χ2v) is 4.62. The van der Waals surface area contributed by atoms with Gasteiger partial charge in [-0.05, 0) is 37.5 Å². The maximum absolute atomic E-state index is 12.8. The van der Waals surface area contributed by atoms with Gasteiger partial charge in [-0.2, -0.15) is 13.2 Å². The van der Waals surface area contributed by atoms with Gasteiger partial charge in [0.1, 0.15) is 0 Å². The van der Waals surface area contributed by atoms with E-state index in [0.717, 1.165) is 25.3 Å². The fourth-order valence-electron chi connectivity index (χ4n) is 2.23. The van der Waals surface area contributed by atoms with E-state index in [0.29, 0.717) is 24.8 Å². The summed E-state index contributed by atoms with van der Waals surface area (Å²) in [6.07, 6.45) is -1.64. The molecular formula is C13H15F3NNaO2. The number of carbonyl (C=O) groups is 1. The molecule has 0 aliphatic carbocycles. The van der Waals surface area contributed by atoms with Crippen molar-refractivity contribution in [3.05, 3.63) is 29.3 Å². The number of nitrogens with zero attached hydrogens (tertiary/aromatic N) is 1. The van der Waals surface area contributed by atoms with Crippen LogP contribution in [-0.2, 0) is 6.18 Å². The summed E-state index contributed by atoms with van der Waals surface area (Å²) in [5.41, 5.74) is -0.893. The summed E-state index contributed by atoms with van der Waals surface area (Å²) in [6.45, 7) is 1.33. The molecule has 1 aromatic carbocycles. The smallest absolute Gasteiger partial charge is 1.00 e. The van der Waals surface area contributed by atoms with Crippen molar-refractivity contribution in [2.24, 2.45) is 0 Å². The van der Waals surface area contributed by atoms with E-state index < -0.39 is 17.7 Å². The second-order valence-electron chi connectivity index (χ2n) is 4.62. The van der Waals surface area contributed by atoms with E-state index in [4.69, 9.17) is 5.11 Å². The van der Waals surface area contributed by atoms with Gasteiger partial charge in [0.25, 0.3) is 0 Å². The summed E-state index contributed by atoms with van der Waals surface area (Å²) in [5, 5.41) is 8.91. The van der Waals surface area contributed by atoms with Crippen LogP contribution in [0.2, 0.25) is 0 Å². The van der Waals surface area contributed by atoms with Crippen LogP contribution in [0.15, 0.2) is 18.2 Å². The molecule has 0 atom stereocenters. The molecule has 2 rings (SSSR count). The largest absolute Gasteiger partial charge is 1.00 e. The molecule has 3 nitrogen and oxygen atoms in total. The van der Waals surface area contributed by atoms with Gasteiger partial charge in [-0.3, -0.25) is 0 Å². The number of alkyl halides is 3. The number of benzene rings is 1. The van der Waals surface area contributed by atoms with E-state index in [1.807, 2.05) is 4.90 Å². The van der Waals surface area contributed by atoms with Gasteiger partial charge >= 0.3 is 41.7 Å². The van der Waals surface area contributed by atoms with Crippen molar-refractivity contribution in [3.63, 3.8) is 0 Å². The monoisotopic (exact) mass is 297 g/mol. The van der Waals surface area contributed by atoms with Crippen molar-refractivity contribution in [1.82, 2.24) is 0 Å². The van der Waals surface area contributed by atoms with Crippen LogP contribution in [0.3, 0.4) is 0 Å². The van der Waals surface area contributed by atoms with Crippen molar-refractivity contribution < 1.29 is 54.1 Å². The SMILES string of the molecule is O=C(O)c1cc(N2CCCCC2)cc(C(F)(F)F)c1.[H-].[Na+]. The van der Waals surface area contributed by atoms with Crippen LogP contribution in [0.4, 0.5) is 18.9 Å². The molecule has 0 amide bonds. The standard InChI is InChI=1S/C13H14F3NO2.Na.H/c14-13(15,16)10-6-9(12(18)19)7-11(8-10)17-4-2-1-3-5-17;;/h6-8H,1-5H2,(H,18,19);;/q;+1;-1. The van der Waals surface area contributed by atoms with Gasteiger partial charge < -0.3 is 11.4 Å². The minimum Gasteiger partial charge on any atom is -1.00 e. The predicted molar refractivity (Wildman–Crippen MR) is 65.6 cm³/mol. The number of anilines is 1. The fraction of sp³-hybridized carbons (Fsp3) is 0.462. The third kappa shape index (κ3) is 4.14. The molecule has 1 aliphatic heterocycles. The first-order valence-corrected chi connectivity index (χ1v) is 6.08. The summed E-state index contributed by atoms with van der Waals surface area (Å²) in [5.74, 6) is -1.34. The zero-order chi connectivity index (χ0) is 14.0. The number of rotatable bonds is 2. The number of aromatic carboxylic acids is 1. The van der Waals surface area contributed by atoms with E-state index >= 15 is 0 Å². The van der Waals surface area contributed by atoms with E-state index in [-0.39, 0.29) is 36.5 Å². The van der Waals surface area contributed by atoms with E-state index in [9.17, 15) is 18.0 Å². The first-order chi connectivity index (χ1) is 8.88. The number of halogens is 3. The van der Waals surface area contributed by atoms with Crippen molar-refractivity contribution in [1.29, 1.82) is 0 Å². The van der Waals surface area contributed by atoms with Gasteiger partial charge in [0.15, 0.2) is 0 Å². The van der Waals surface area contributed by atoms with Crippen molar-refractivity contribution in [2.45, 2.75) is 25.4 Å². The fourth-order valence-corrected chi connectivity index (χ4v) is 2.23. The average molecular weight is 297 g/mol. The maximum Gasteiger partial charge on any atom is 1.00 e. The first kappa shape index (κ1) is 17.3. The summed E-state index contributed by atoms with van der Waals surface area (Å²) < 4.78 is 38.3. The van der Waals surface area contributed by atoms with Gasteiger partial charge in [-0.1, -0.05) is 0 Å². The Kier molecular flexibility index (Phi) is 5.91. The normalized spacial score (nSPS) is 15.7. The number of carboxylic acid groups (broad SMARTS) is 1. The summed E-state index contributed by atoms with van der Waals surface area (Å²) >= 11 is 0. The van der Waals surface area contributed by atoms with Crippen LogP contribution < -0.4 is 34.5 Å². The molecule has 1 heterocycles. The molecule has 7 heteroatoms. The van der Waals surface area contributed by atoms with Gasteiger partial charge in [-0.15, -0.1) is 0 Å². The molecule has 1 aliphatic rings. The van der Waals surface area contributed by atoms with Crippen LogP contribution in [0.25, 0.3) is 0 Å². The summed E-state index contributed by atoms with van der Waals surface area (Å²) in [4.78, 5) is 12.7.